The molecule has 3 atom stereocenters. The second-order valence-electron chi connectivity index (χ2n) is 9.90. The Labute approximate surface area is 213 Å². The number of carbonyl (C=O) groups is 2. The van der Waals surface area contributed by atoms with Gasteiger partial charge in [0.15, 0.2) is 11.3 Å². The number of thiazole rings is 1. The fourth-order valence-electron chi connectivity index (χ4n) is 5.93. The van der Waals surface area contributed by atoms with Crippen LogP contribution in [0, 0.1) is 25.7 Å². The molecule has 6 rings (SSSR count). The Kier molecular flexibility index (Phi) is 5.84. The van der Waals surface area contributed by atoms with Crippen molar-refractivity contribution in [2.24, 2.45) is 11.8 Å². The number of amides is 2. The van der Waals surface area contributed by atoms with Gasteiger partial charge in [-0.1, -0.05) is 53.5 Å². The minimum atomic E-state index is -0.279. The SMILES string of the molecule is Cc1cccc(-c2sc(C)nc2C(=O)N2C[C@@H]3CCC[C@@H]3[C@H]2CNC(=O)c2noc3ccccc23)c1. The van der Waals surface area contributed by atoms with Crippen molar-refractivity contribution in [1.82, 2.24) is 20.4 Å². The number of likely N-dealkylation sites (tertiary alicyclic amines) is 1. The molecular formula is C28H28N4O3S. The van der Waals surface area contributed by atoms with Crippen molar-refractivity contribution in [3.8, 4) is 10.4 Å². The largest absolute Gasteiger partial charge is 0.355 e. The molecule has 1 aliphatic carbocycles. The summed E-state index contributed by atoms with van der Waals surface area (Å²) in [6.45, 7) is 5.09. The quantitative estimate of drug-likeness (QED) is 0.405. The van der Waals surface area contributed by atoms with Gasteiger partial charge in [-0.25, -0.2) is 4.98 Å². The molecule has 1 saturated heterocycles. The zero-order chi connectivity index (χ0) is 24.8. The summed E-state index contributed by atoms with van der Waals surface area (Å²) >= 11 is 1.56. The summed E-state index contributed by atoms with van der Waals surface area (Å²) in [5.74, 6) is 0.520. The van der Waals surface area contributed by atoms with E-state index >= 15 is 0 Å². The Morgan fingerprint density at radius 3 is 2.83 bits per heavy atom. The first-order valence-electron chi connectivity index (χ1n) is 12.5. The Bertz CT molecular complexity index is 1460. The van der Waals surface area contributed by atoms with Crippen molar-refractivity contribution in [2.45, 2.75) is 39.2 Å². The molecule has 0 bridgehead atoms. The molecule has 36 heavy (non-hydrogen) atoms. The fourth-order valence-corrected chi connectivity index (χ4v) is 6.84. The first-order valence-corrected chi connectivity index (χ1v) is 13.3. The van der Waals surface area contributed by atoms with Crippen LogP contribution in [0.3, 0.4) is 0 Å². The first-order chi connectivity index (χ1) is 17.5. The predicted octanol–water partition coefficient (Wildman–Crippen LogP) is 5.24. The van der Waals surface area contributed by atoms with Crippen LogP contribution in [0.15, 0.2) is 53.1 Å². The number of para-hydroxylation sites is 1. The van der Waals surface area contributed by atoms with Crippen LogP contribution in [-0.2, 0) is 0 Å². The van der Waals surface area contributed by atoms with E-state index in [2.05, 4.69) is 34.5 Å². The molecule has 3 heterocycles. The van der Waals surface area contributed by atoms with E-state index in [0.29, 0.717) is 41.6 Å². The van der Waals surface area contributed by atoms with Crippen LogP contribution in [0.5, 0.6) is 0 Å². The van der Waals surface area contributed by atoms with Crippen LogP contribution < -0.4 is 5.32 Å². The smallest absolute Gasteiger partial charge is 0.274 e. The normalized spacial score (nSPS) is 21.2. The molecule has 1 saturated carbocycles. The van der Waals surface area contributed by atoms with E-state index in [-0.39, 0.29) is 23.6 Å². The topological polar surface area (TPSA) is 88.3 Å². The lowest BCUT2D eigenvalue weighted by molar-refractivity contribution is 0.0696. The van der Waals surface area contributed by atoms with Crippen LogP contribution in [0.2, 0.25) is 0 Å². The van der Waals surface area contributed by atoms with Crippen LogP contribution in [0.25, 0.3) is 21.4 Å². The Morgan fingerprint density at radius 2 is 1.97 bits per heavy atom. The number of fused-ring (bicyclic) bond motifs is 2. The number of aromatic nitrogens is 2. The second kappa shape index (κ2) is 9.17. The zero-order valence-electron chi connectivity index (χ0n) is 20.4. The molecule has 184 valence electrons. The molecule has 2 fully saturated rings. The zero-order valence-corrected chi connectivity index (χ0v) is 21.2. The van der Waals surface area contributed by atoms with Crippen molar-refractivity contribution < 1.29 is 14.1 Å². The van der Waals surface area contributed by atoms with Crippen molar-refractivity contribution in [1.29, 1.82) is 0 Å². The average molecular weight is 501 g/mol. The van der Waals surface area contributed by atoms with Gasteiger partial charge in [0.25, 0.3) is 11.8 Å². The summed E-state index contributed by atoms with van der Waals surface area (Å²) < 4.78 is 5.31. The third kappa shape index (κ3) is 3.99. The highest BCUT2D eigenvalue weighted by molar-refractivity contribution is 7.15. The van der Waals surface area contributed by atoms with Gasteiger partial charge >= 0.3 is 0 Å². The molecule has 0 unspecified atom stereocenters. The molecule has 8 heteroatoms. The predicted molar refractivity (Wildman–Crippen MR) is 139 cm³/mol. The monoisotopic (exact) mass is 500 g/mol. The average Bonchev–Trinajstić information content (AvgIpc) is 3.65. The lowest BCUT2D eigenvalue weighted by Gasteiger charge is -2.28. The molecule has 7 nitrogen and oxygen atoms in total. The van der Waals surface area contributed by atoms with Gasteiger partial charge in [0.05, 0.1) is 21.3 Å². The maximum absolute atomic E-state index is 14.0. The highest BCUT2D eigenvalue weighted by Gasteiger charge is 2.47. The third-order valence-corrected chi connectivity index (χ3v) is 8.61. The van der Waals surface area contributed by atoms with E-state index in [1.165, 1.54) is 6.42 Å². The van der Waals surface area contributed by atoms with Crippen LogP contribution in [0.1, 0.15) is 50.8 Å². The molecule has 1 aliphatic heterocycles. The number of nitrogens with one attached hydrogen (secondary N) is 1. The molecule has 4 aromatic rings. The Balaban J connectivity index is 1.26. The number of benzene rings is 2. The number of aryl methyl sites for hydroxylation is 2. The summed E-state index contributed by atoms with van der Waals surface area (Å²) in [5.41, 5.74) is 3.54. The minimum absolute atomic E-state index is 0.0450. The van der Waals surface area contributed by atoms with Gasteiger partial charge in [0.2, 0.25) is 0 Å². The molecule has 2 aromatic carbocycles. The molecule has 0 spiro atoms. The second-order valence-corrected chi connectivity index (χ2v) is 11.1. The van der Waals surface area contributed by atoms with Crippen molar-refractivity contribution in [3.63, 3.8) is 0 Å². The van der Waals surface area contributed by atoms with Crippen LogP contribution >= 0.6 is 11.3 Å². The van der Waals surface area contributed by atoms with E-state index in [0.717, 1.165) is 33.9 Å². The number of hydrogen-bond donors (Lipinski definition) is 1. The number of rotatable bonds is 5. The summed E-state index contributed by atoms with van der Waals surface area (Å²) in [5, 5.41) is 8.60. The number of carbonyl (C=O) groups excluding carboxylic acids is 2. The van der Waals surface area contributed by atoms with E-state index < -0.39 is 0 Å². The first kappa shape index (κ1) is 22.9. The Hall–Kier alpha value is -3.52. The van der Waals surface area contributed by atoms with E-state index in [9.17, 15) is 9.59 Å². The minimum Gasteiger partial charge on any atom is -0.355 e. The molecule has 1 N–H and O–H groups in total. The van der Waals surface area contributed by atoms with Gasteiger partial charge in [-0.05, 0) is 56.2 Å². The van der Waals surface area contributed by atoms with E-state index in [4.69, 9.17) is 4.52 Å². The van der Waals surface area contributed by atoms with Crippen molar-refractivity contribution >= 4 is 34.1 Å². The summed E-state index contributed by atoms with van der Waals surface area (Å²) in [6, 6.07) is 15.5. The van der Waals surface area contributed by atoms with Gasteiger partial charge in [-0.2, -0.15) is 0 Å². The molecular weight excluding hydrogens is 472 g/mol. The highest BCUT2D eigenvalue weighted by Crippen LogP contribution is 2.43. The number of hydrogen-bond acceptors (Lipinski definition) is 6. The lowest BCUT2D eigenvalue weighted by Crippen LogP contribution is -2.46. The van der Waals surface area contributed by atoms with Gasteiger partial charge < -0.3 is 14.7 Å². The van der Waals surface area contributed by atoms with Crippen molar-refractivity contribution in [3.05, 3.63) is 70.5 Å². The standard InChI is InChI=1S/C28H28N4O3S/c1-16-7-5-8-18(13-16)26-25(30-17(2)36-26)28(34)32-15-19-9-6-11-20(19)22(32)14-29-27(33)24-21-10-3-4-12-23(21)35-31-24/h3-5,7-8,10,12-13,19-20,22H,6,9,11,14-15H2,1-2H3,(H,29,33)/t19-,20-,22+/m0/s1. The van der Waals surface area contributed by atoms with E-state index in [1.54, 1.807) is 17.4 Å². The van der Waals surface area contributed by atoms with Crippen LogP contribution in [0.4, 0.5) is 0 Å². The number of nitrogens with zero attached hydrogens (tertiary/aromatic N) is 3. The maximum atomic E-state index is 14.0. The Morgan fingerprint density at radius 1 is 1.11 bits per heavy atom. The summed E-state index contributed by atoms with van der Waals surface area (Å²) in [6.07, 6.45) is 3.36. The van der Waals surface area contributed by atoms with Gasteiger partial charge in [-0.3, -0.25) is 9.59 Å². The van der Waals surface area contributed by atoms with Gasteiger partial charge in [0, 0.05) is 13.1 Å². The molecule has 2 aliphatic rings. The highest BCUT2D eigenvalue weighted by atomic mass is 32.1. The summed E-state index contributed by atoms with van der Waals surface area (Å²) in [7, 11) is 0. The third-order valence-electron chi connectivity index (χ3n) is 7.59. The fraction of sp³-hybridized carbons (Fsp3) is 0.357. The van der Waals surface area contributed by atoms with Gasteiger partial charge in [0.1, 0.15) is 5.69 Å². The summed E-state index contributed by atoms with van der Waals surface area (Å²) in [4.78, 5) is 34.6. The van der Waals surface area contributed by atoms with Crippen LogP contribution in [-0.4, -0.2) is 46.0 Å². The molecule has 2 aromatic heterocycles. The van der Waals surface area contributed by atoms with Gasteiger partial charge in [-0.15, -0.1) is 11.3 Å². The maximum Gasteiger partial charge on any atom is 0.274 e. The van der Waals surface area contributed by atoms with Crippen molar-refractivity contribution in [2.75, 3.05) is 13.1 Å². The van der Waals surface area contributed by atoms with E-state index in [1.807, 2.05) is 42.2 Å². The molecule has 0 radical (unpaired) electrons. The molecule has 2 amide bonds. The lowest BCUT2D eigenvalue weighted by atomic mass is 9.94.